The molecule has 112 valence electrons. The van der Waals surface area contributed by atoms with E-state index in [2.05, 4.69) is 5.32 Å². The second kappa shape index (κ2) is 7.96. The molecule has 0 radical (unpaired) electrons. The Balaban J connectivity index is 2.26. The van der Waals surface area contributed by atoms with E-state index in [0.29, 0.717) is 25.9 Å². The van der Waals surface area contributed by atoms with Crippen molar-refractivity contribution in [1.29, 1.82) is 0 Å². The highest BCUT2D eigenvalue weighted by Crippen LogP contribution is 2.11. The van der Waals surface area contributed by atoms with Crippen molar-refractivity contribution < 1.29 is 13.3 Å². The van der Waals surface area contributed by atoms with Crippen LogP contribution < -0.4 is 5.32 Å². The summed E-state index contributed by atoms with van der Waals surface area (Å²) in [7, 11) is -2.93. The summed E-state index contributed by atoms with van der Waals surface area (Å²) < 4.78 is 22.9. The molecule has 0 heterocycles. The van der Waals surface area contributed by atoms with Crippen molar-refractivity contribution in [3.05, 3.63) is 39.9 Å². The topological polar surface area (TPSA) is 89.3 Å². The van der Waals surface area contributed by atoms with Crippen molar-refractivity contribution in [1.82, 2.24) is 5.32 Å². The molecule has 1 aromatic carbocycles. The van der Waals surface area contributed by atoms with Gasteiger partial charge < -0.3 is 5.32 Å². The number of sulfone groups is 1. The summed E-state index contributed by atoms with van der Waals surface area (Å²) in [5.74, 6) is 0.387. The minimum absolute atomic E-state index is 0.0763. The van der Waals surface area contributed by atoms with Crippen molar-refractivity contribution in [2.24, 2.45) is 0 Å². The Kier molecular flexibility index (Phi) is 6.60. The molecule has 0 aliphatic carbocycles. The highest BCUT2D eigenvalue weighted by atomic mass is 32.2. The van der Waals surface area contributed by atoms with E-state index in [1.54, 1.807) is 12.1 Å². The molecule has 0 aromatic heterocycles. The molecule has 0 aliphatic heterocycles. The van der Waals surface area contributed by atoms with Crippen molar-refractivity contribution in [2.75, 3.05) is 24.6 Å². The number of hydrogen-bond acceptors (Lipinski definition) is 5. The molecule has 0 saturated heterocycles. The molecule has 0 atom stereocenters. The van der Waals surface area contributed by atoms with Crippen LogP contribution in [0.15, 0.2) is 24.3 Å². The van der Waals surface area contributed by atoms with E-state index in [0.717, 1.165) is 5.56 Å². The van der Waals surface area contributed by atoms with Crippen LogP contribution in [0.2, 0.25) is 0 Å². The van der Waals surface area contributed by atoms with Gasteiger partial charge in [0, 0.05) is 24.4 Å². The van der Waals surface area contributed by atoms with Crippen molar-refractivity contribution in [2.45, 2.75) is 19.8 Å². The van der Waals surface area contributed by atoms with E-state index in [4.69, 9.17) is 0 Å². The third kappa shape index (κ3) is 6.12. The van der Waals surface area contributed by atoms with Crippen LogP contribution in [0.4, 0.5) is 5.69 Å². The highest BCUT2D eigenvalue weighted by Gasteiger charge is 2.08. The lowest BCUT2D eigenvalue weighted by atomic mass is 10.1. The number of nitrogens with zero attached hydrogens (tertiary/aromatic N) is 1. The zero-order chi connectivity index (χ0) is 15.0. The molecule has 1 aromatic rings. The van der Waals surface area contributed by atoms with Gasteiger partial charge >= 0.3 is 0 Å². The van der Waals surface area contributed by atoms with Gasteiger partial charge in [-0.2, -0.15) is 0 Å². The standard InChI is InChI=1S/C13H20N2O4S/c1-2-10-20(18,19)11-9-14-8-7-12-3-5-13(6-4-12)15(16)17/h3-6,14H,2,7-11H2,1H3. The number of nitro groups is 1. The Bertz CT molecular complexity index is 526. The Morgan fingerprint density at radius 3 is 2.35 bits per heavy atom. The van der Waals surface area contributed by atoms with Crippen LogP contribution in [0.1, 0.15) is 18.9 Å². The summed E-state index contributed by atoms with van der Waals surface area (Å²) in [6.45, 7) is 2.94. The van der Waals surface area contributed by atoms with Crippen LogP contribution in [-0.4, -0.2) is 37.9 Å². The minimum atomic E-state index is -2.93. The van der Waals surface area contributed by atoms with Crippen LogP contribution in [0.5, 0.6) is 0 Å². The van der Waals surface area contributed by atoms with Crippen molar-refractivity contribution in [3.63, 3.8) is 0 Å². The predicted molar refractivity (Wildman–Crippen MR) is 78.6 cm³/mol. The average molecular weight is 300 g/mol. The van der Waals surface area contributed by atoms with Gasteiger partial charge in [-0.1, -0.05) is 19.1 Å². The van der Waals surface area contributed by atoms with Crippen LogP contribution >= 0.6 is 0 Å². The quantitative estimate of drug-likeness (QED) is 0.424. The fourth-order valence-corrected chi connectivity index (χ4v) is 3.06. The molecule has 0 saturated carbocycles. The van der Waals surface area contributed by atoms with Gasteiger partial charge in [0.15, 0.2) is 9.84 Å². The van der Waals surface area contributed by atoms with Gasteiger partial charge in [0.1, 0.15) is 0 Å². The van der Waals surface area contributed by atoms with E-state index in [9.17, 15) is 18.5 Å². The first kappa shape index (κ1) is 16.6. The molecule has 7 heteroatoms. The number of nitro benzene ring substituents is 1. The van der Waals surface area contributed by atoms with E-state index in [-0.39, 0.29) is 17.2 Å². The first-order valence-electron chi connectivity index (χ1n) is 6.59. The minimum Gasteiger partial charge on any atom is -0.315 e. The van der Waals surface area contributed by atoms with Crippen LogP contribution in [0, 0.1) is 10.1 Å². The number of nitrogens with one attached hydrogen (secondary N) is 1. The van der Waals surface area contributed by atoms with Crippen molar-refractivity contribution >= 4 is 15.5 Å². The van der Waals surface area contributed by atoms with E-state index >= 15 is 0 Å². The first-order chi connectivity index (χ1) is 9.44. The lowest BCUT2D eigenvalue weighted by Gasteiger charge is -2.05. The Hall–Kier alpha value is -1.47. The molecule has 1 rings (SSSR count). The molecule has 0 unspecified atom stereocenters. The second-order valence-corrected chi connectivity index (χ2v) is 6.88. The SMILES string of the molecule is CCCS(=O)(=O)CCNCCc1ccc([N+](=O)[O-])cc1. The third-order valence-electron chi connectivity index (χ3n) is 2.84. The Labute approximate surface area is 119 Å². The van der Waals surface area contributed by atoms with Crippen LogP contribution in [0.25, 0.3) is 0 Å². The molecular weight excluding hydrogens is 280 g/mol. The molecule has 20 heavy (non-hydrogen) atoms. The summed E-state index contributed by atoms with van der Waals surface area (Å²) >= 11 is 0. The Morgan fingerprint density at radius 2 is 1.80 bits per heavy atom. The molecule has 0 aliphatic rings. The maximum Gasteiger partial charge on any atom is 0.269 e. The zero-order valence-electron chi connectivity index (χ0n) is 11.5. The summed E-state index contributed by atoms with van der Waals surface area (Å²) in [5, 5.41) is 13.6. The van der Waals surface area contributed by atoms with Crippen molar-refractivity contribution in [3.8, 4) is 0 Å². The number of rotatable bonds is 9. The molecular formula is C13H20N2O4S. The predicted octanol–water partition coefficient (Wildman–Crippen LogP) is 1.55. The second-order valence-electron chi connectivity index (χ2n) is 4.58. The molecule has 0 fully saturated rings. The summed E-state index contributed by atoms with van der Waals surface area (Å²) in [6.07, 6.45) is 1.36. The molecule has 0 amide bonds. The fraction of sp³-hybridized carbons (Fsp3) is 0.538. The third-order valence-corrected chi connectivity index (χ3v) is 4.70. The average Bonchev–Trinajstić information content (AvgIpc) is 2.38. The zero-order valence-corrected chi connectivity index (χ0v) is 12.4. The van der Waals surface area contributed by atoms with Gasteiger partial charge in [-0.25, -0.2) is 8.42 Å². The van der Waals surface area contributed by atoms with Gasteiger partial charge in [-0.3, -0.25) is 10.1 Å². The summed E-state index contributed by atoms with van der Waals surface area (Å²) in [6, 6.07) is 6.38. The van der Waals surface area contributed by atoms with Gasteiger partial charge in [0.25, 0.3) is 5.69 Å². The van der Waals surface area contributed by atoms with Gasteiger partial charge in [0.2, 0.25) is 0 Å². The molecule has 0 spiro atoms. The summed E-state index contributed by atoms with van der Waals surface area (Å²) in [5.41, 5.74) is 1.06. The smallest absolute Gasteiger partial charge is 0.269 e. The molecule has 0 bridgehead atoms. The van der Waals surface area contributed by atoms with E-state index < -0.39 is 14.8 Å². The van der Waals surface area contributed by atoms with Gasteiger partial charge in [-0.05, 0) is 24.9 Å². The monoisotopic (exact) mass is 300 g/mol. The van der Waals surface area contributed by atoms with Crippen LogP contribution in [0.3, 0.4) is 0 Å². The molecule has 1 N–H and O–H groups in total. The largest absolute Gasteiger partial charge is 0.315 e. The van der Waals surface area contributed by atoms with Crippen LogP contribution in [-0.2, 0) is 16.3 Å². The van der Waals surface area contributed by atoms with E-state index in [1.165, 1.54) is 12.1 Å². The Morgan fingerprint density at radius 1 is 1.15 bits per heavy atom. The normalized spacial score (nSPS) is 11.4. The fourth-order valence-electron chi connectivity index (χ4n) is 1.78. The maximum absolute atomic E-state index is 11.5. The number of hydrogen-bond donors (Lipinski definition) is 1. The number of non-ortho nitro benzene ring substituents is 1. The van der Waals surface area contributed by atoms with Gasteiger partial charge in [0.05, 0.1) is 10.7 Å². The first-order valence-corrected chi connectivity index (χ1v) is 8.41. The lowest BCUT2D eigenvalue weighted by molar-refractivity contribution is -0.384. The molecule has 6 nitrogen and oxygen atoms in total. The lowest BCUT2D eigenvalue weighted by Crippen LogP contribution is -2.26. The van der Waals surface area contributed by atoms with E-state index in [1.807, 2.05) is 6.92 Å². The number of benzene rings is 1. The highest BCUT2D eigenvalue weighted by molar-refractivity contribution is 7.91. The maximum atomic E-state index is 11.5. The van der Waals surface area contributed by atoms with Gasteiger partial charge in [-0.15, -0.1) is 0 Å². The summed E-state index contributed by atoms with van der Waals surface area (Å²) in [4.78, 5) is 10.1.